The molecule has 1 aliphatic rings. The lowest BCUT2D eigenvalue weighted by Gasteiger charge is -2.30. The quantitative estimate of drug-likeness (QED) is 0.719. The van der Waals surface area contributed by atoms with Gasteiger partial charge < -0.3 is 19.7 Å². The number of rotatable bonds is 7. The number of carbonyl (C=O) groups is 2. The minimum Gasteiger partial charge on any atom is -0.462 e. The fourth-order valence-electron chi connectivity index (χ4n) is 3.22. The summed E-state index contributed by atoms with van der Waals surface area (Å²) in [6.45, 7) is 7.06. The fourth-order valence-corrected chi connectivity index (χ4v) is 3.22. The normalized spacial score (nSPS) is 13.8. The number of ether oxygens (including phenoxy) is 2. The zero-order valence-electron chi connectivity index (χ0n) is 17.1. The number of nitrogens with one attached hydrogen (secondary N) is 1. The number of nitrogens with zero attached hydrogens (tertiary/aromatic N) is 1. The maximum Gasteiger partial charge on any atom is 0.340 e. The van der Waals surface area contributed by atoms with E-state index < -0.39 is 0 Å². The second kappa shape index (κ2) is 10.1. The van der Waals surface area contributed by atoms with Crippen molar-refractivity contribution in [3.63, 3.8) is 0 Å². The van der Waals surface area contributed by atoms with Crippen LogP contribution in [0.3, 0.4) is 0 Å². The van der Waals surface area contributed by atoms with Gasteiger partial charge in [0.05, 0.1) is 31.1 Å². The summed E-state index contributed by atoms with van der Waals surface area (Å²) in [5.41, 5.74) is 3.58. The first-order chi connectivity index (χ1) is 14.1. The predicted octanol–water partition coefficient (Wildman–Crippen LogP) is 3.90. The maximum absolute atomic E-state index is 12.7. The van der Waals surface area contributed by atoms with Crippen LogP contribution in [-0.4, -0.2) is 44.8 Å². The van der Waals surface area contributed by atoms with E-state index in [1.807, 2.05) is 43.3 Å². The summed E-state index contributed by atoms with van der Waals surface area (Å²) in [6, 6.07) is 12.9. The highest BCUT2D eigenvalue weighted by Crippen LogP contribution is 2.26. The Morgan fingerprint density at radius 3 is 2.45 bits per heavy atom. The number of hydrogen-bond donors (Lipinski definition) is 1. The van der Waals surface area contributed by atoms with Crippen LogP contribution in [0.2, 0.25) is 0 Å². The third-order valence-corrected chi connectivity index (χ3v) is 4.89. The summed E-state index contributed by atoms with van der Waals surface area (Å²) < 4.78 is 10.8. The van der Waals surface area contributed by atoms with Gasteiger partial charge in [-0.25, -0.2) is 4.79 Å². The van der Waals surface area contributed by atoms with Crippen molar-refractivity contribution < 1.29 is 19.1 Å². The molecule has 2 aromatic carbocycles. The van der Waals surface area contributed by atoms with E-state index in [0.717, 1.165) is 18.5 Å². The summed E-state index contributed by atoms with van der Waals surface area (Å²) in [6.07, 6.45) is 1.68. The second-order valence-electron chi connectivity index (χ2n) is 6.97. The number of aryl methyl sites for hydroxylation is 1. The molecule has 6 nitrogen and oxygen atoms in total. The molecular weight excluding hydrogens is 368 g/mol. The first-order valence-electron chi connectivity index (χ1n) is 10.2. The molecule has 1 heterocycles. The van der Waals surface area contributed by atoms with Gasteiger partial charge >= 0.3 is 5.97 Å². The third-order valence-electron chi connectivity index (χ3n) is 4.89. The van der Waals surface area contributed by atoms with Gasteiger partial charge in [-0.1, -0.05) is 26.0 Å². The number of esters is 1. The lowest BCUT2D eigenvalue weighted by atomic mass is 10.1. The van der Waals surface area contributed by atoms with E-state index in [4.69, 9.17) is 9.47 Å². The highest BCUT2D eigenvalue weighted by Gasteiger charge is 2.21. The molecule has 0 radical (unpaired) electrons. The minimum absolute atomic E-state index is 0.209. The molecule has 6 heteroatoms. The van der Waals surface area contributed by atoms with Crippen LogP contribution in [0, 0.1) is 0 Å². The summed E-state index contributed by atoms with van der Waals surface area (Å²) in [5.74, 6) is -0.587. The Labute approximate surface area is 171 Å². The average molecular weight is 396 g/mol. The molecule has 1 fully saturated rings. The molecule has 0 saturated carbocycles. The van der Waals surface area contributed by atoms with E-state index in [0.29, 0.717) is 49.7 Å². The Balaban J connectivity index is 1.82. The van der Waals surface area contributed by atoms with E-state index in [1.54, 1.807) is 6.07 Å². The largest absolute Gasteiger partial charge is 0.462 e. The second-order valence-corrected chi connectivity index (χ2v) is 6.97. The minimum atomic E-state index is -0.378. The molecule has 154 valence electrons. The van der Waals surface area contributed by atoms with E-state index in [9.17, 15) is 9.59 Å². The Bertz CT molecular complexity index is 842. The van der Waals surface area contributed by atoms with Gasteiger partial charge in [-0.05, 0) is 48.7 Å². The predicted molar refractivity (Wildman–Crippen MR) is 114 cm³/mol. The van der Waals surface area contributed by atoms with Crippen molar-refractivity contribution in [1.82, 2.24) is 0 Å². The number of amides is 1. The molecule has 1 N–H and O–H groups in total. The third kappa shape index (κ3) is 5.35. The molecule has 0 aromatic heterocycles. The molecular formula is C23H28N2O4. The molecule has 0 atom stereocenters. The fraction of sp³-hybridized carbons (Fsp3) is 0.391. The smallest absolute Gasteiger partial charge is 0.340 e. The lowest BCUT2D eigenvalue weighted by Crippen LogP contribution is -2.37. The molecule has 29 heavy (non-hydrogen) atoms. The van der Waals surface area contributed by atoms with Crippen molar-refractivity contribution in [2.24, 2.45) is 0 Å². The van der Waals surface area contributed by atoms with E-state index >= 15 is 0 Å². The van der Waals surface area contributed by atoms with Gasteiger partial charge in [0.2, 0.25) is 0 Å². The highest BCUT2D eigenvalue weighted by molar-refractivity contribution is 6.05. The topological polar surface area (TPSA) is 67.9 Å². The van der Waals surface area contributed by atoms with E-state index in [1.165, 1.54) is 5.56 Å². The van der Waals surface area contributed by atoms with Gasteiger partial charge in [0, 0.05) is 24.3 Å². The number of hydrogen-bond acceptors (Lipinski definition) is 5. The zero-order chi connectivity index (χ0) is 20.6. The molecule has 0 aliphatic carbocycles. The van der Waals surface area contributed by atoms with Gasteiger partial charge in [0.1, 0.15) is 0 Å². The molecule has 0 unspecified atom stereocenters. The Morgan fingerprint density at radius 2 is 1.79 bits per heavy atom. The SMILES string of the molecule is CCCOC(=O)c1cc(NC(=O)c2ccc(CC)cc2)ccc1N1CCOCC1. The van der Waals surface area contributed by atoms with Crippen LogP contribution in [0.5, 0.6) is 0 Å². The van der Waals surface area contributed by atoms with Crippen molar-refractivity contribution in [3.05, 3.63) is 59.2 Å². The number of morpholine rings is 1. The van der Waals surface area contributed by atoms with Gasteiger partial charge in [-0.3, -0.25) is 4.79 Å². The van der Waals surface area contributed by atoms with Crippen LogP contribution >= 0.6 is 0 Å². The molecule has 2 aromatic rings. The molecule has 1 amide bonds. The summed E-state index contributed by atoms with van der Waals surface area (Å²) in [7, 11) is 0. The van der Waals surface area contributed by atoms with Crippen molar-refractivity contribution in [2.75, 3.05) is 43.1 Å². The van der Waals surface area contributed by atoms with Crippen molar-refractivity contribution in [1.29, 1.82) is 0 Å². The van der Waals surface area contributed by atoms with Gasteiger partial charge in [0.15, 0.2) is 0 Å². The van der Waals surface area contributed by atoms with Crippen molar-refractivity contribution in [2.45, 2.75) is 26.7 Å². The van der Waals surface area contributed by atoms with E-state index in [-0.39, 0.29) is 11.9 Å². The average Bonchev–Trinajstić information content (AvgIpc) is 2.78. The number of carbonyl (C=O) groups excluding carboxylic acids is 2. The molecule has 0 spiro atoms. The van der Waals surface area contributed by atoms with Crippen LogP contribution in [-0.2, 0) is 15.9 Å². The van der Waals surface area contributed by atoms with E-state index in [2.05, 4.69) is 17.1 Å². The molecule has 0 bridgehead atoms. The summed E-state index contributed by atoms with van der Waals surface area (Å²) >= 11 is 0. The van der Waals surface area contributed by atoms with Gasteiger partial charge in [0.25, 0.3) is 5.91 Å². The first kappa shape index (κ1) is 20.9. The molecule has 1 saturated heterocycles. The Hall–Kier alpha value is -2.86. The Morgan fingerprint density at radius 1 is 1.07 bits per heavy atom. The number of benzene rings is 2. The molecule has 1 aliphatic heterocycles. The van der Waals surface area contributed by atoms with Crippen LogP contribution in [0.25, 0.3) is 0 Å². The zero-order valence-corrected chi connectivity index (χ0v) is 17.1. The van der Waals surface area contributed by atoms with Crippen LogP contribution < -0.4 is 10.2 Å². The lowest BCUT2D eigenvalue weighted by molar-refractivity contribution is 0.0504. The van der Waals surface area contributed by atoms with Crippen molar-refractivity contribution >= 4 is 23.3 Å². The van der Waals surface area contributed by atoms with Gasteiger partial charge in [-0.15, -0.1) is 0 Å². The molecule has 3 rings (SSSR count). The monoisotopic (exact) mass is 396 g/mol. The standard InChI is InChI=1S/C23H28N2O4/c1-3-13-29-23(27)20-16-19(9-10-21(20)25-11-14-28-15-12-25)24-22(26)18-7-5-17(4-2)6-8-18/h5-10,16H,3-4,11-15H2,1-2H3,(H,24,26). The Kier molecular flexibility index (Phi) is 7.25. The van der Waals surface area contributed by atoms with Crippen LogP contribution in [0.4, 0.5) is 11.4 Å². The summed E-state index contributed by atoms with van der Waals surface area (Å²) in [5, 5.41) is 2.89. The van der Waals surface area contributed by atoms with Crippen molar-refractivity contribution in [3.8, 4) is 0 Å². The number of anilines is 2. The van der Waals surface area contributed by atoms with Gasteiger partial charge in [-0.2, -0.15) is 0 Å². The summed E-state index contributed by atoms with van der Waals surface area (Å²) in [4.78, 5) is 27.4. The highest BCUT2D eigenvalue weighted by atomic mass is 16.5. The van der Waals surface area contributed by atoms with Crippen LogP contribution in [0.1, 0.15) is 46.5 Å². The first-order valence-corrected chi connectivity index (χ1v) is 10.2. The maximum atomic E-state index is 12.7. The van der Waals surface area contributed by atoms with Crippen LogP contribution in [0.15, 0.2) is 42.5 Å².